The van der Waals surface area contributed by atoms with Crippen LogP contribution in [0, 0.1) is 0 Å². The fraction of sp³-hybridized carbons (Fsp3) is 0.238. The molecular formula is C21H24N2O3S. The first-order valence-electron chi connectivity index (χ1n) is 8.73. The molecule has 142 valence electrons. The topological polar surface area (TPSA) is 59.9 Å². The fourth-order valence-corrected chi connectivity index (χ4v) is 3.03. The van der Waals surface area contributed by atoms with Crippen molar-refractivity contribution in [3.8, 4) is 11.5 Å². The molecule has 0 aliphatic carbocycles. The molecule has 1 N–H and O–H groups in total. The van der Waals surface area contributed by atoms with Gasteiger partial charge in [-0.05, 0) is 42.8 Å². The lowest BCUT2D eigenvalue weighted by Gasteiger charge is -2.11. The molecule has 0 aliphatic heterocycles. The Morgan fingerprint density at radius 3 is 2.74 bits per heavy atom. The summed E-state index contributed by atoms with van der Waals surface area (Å²) in [5, 5.41) is 4.01. The first-order valence-corrected chi connectivity index (χ1v) is 9.71. The average molecular weight is 385 g/mol. The van der Waals surface area contributed by atoms with E-state index >= 15 is 0 Å². The Morgan fingerprint density at radius 2 is 2.00 bits per heavy atom. The second kappa shape index (κ2) is 11.8. The maximum Gasteiger partial charge on any atom is 0.240 e. The van der Waals surface area contributed by atoms with E-state index in [9.17, 15) is 4.79 Å². The second-order valence-electron chi connectivity index (χ2n) is 5.44. The minimum Gasteiger partial charge on any atom is -0.490 e. The van der Waals surface area contributed by atoms with Crippen molar-refractivity contribution in [2.75, 3.05) is 19.0 Å². The Bertz CT molecular complexity index is 763. The maximum absolute atomic E-state index is 11.9. The van der Waals surface area contributed by atoms with Gasteiger partial charge in [-0.25, -0.2) is 5.43 Å². The maximum atomic E-state index is 11.9. The largest absolute Gasteiger partial charge is 0.490 e. The highest BCUT2D eigenvalue weighted by Gasteiger charge is 2.05. The summed E-state index contributed by atoms with van der Waals surface area (Å²) in [6, 6.07) is 15.5. The first kappa shape index (κ1) is 20.6. The first-order chi connectivity index (χ1) is 13.2. The number of amides is 1. The van der Waals surface area contributed by atoms with Gasteiger partial charge in [0.1, 0.15) is 6.61 Å². The van der Waals surface area contributed by atoms with Gasteiger partial charge in [0.05, 0.1) is 12.8 Å². The van der Waals surface area contributed by atoms with Gasteiger partial charge >= 0.3 is 0 Å². The van der Waals surface area contributed by atoms with Crippen LogP contribution in [-0.2, 0) is 4.79 Å². The van der Waals surface area contributed by atoms with Crippen molar-refractivity contribution < 1.29 is 14.3 Å². The molecule has 0 radical (unpaired) electrons. The molecule has 0 saturated carbocycles. The van der Waals surface area contributed by atoms with Crippen LogP contribution in [0.1, 0.15) is 18.9 Å². The molecule has 2 aromatic carbocycles. The predicted octanol–water partition coefficient (Wildman–Crippen LogP) is 4.28. The number of hydrogen-bond donors (Lipinski definition) is 1. The Balaban J connectivity index is 1.82. The van der Waals surface area contributed by atoms with E-state index in [1.54, 1.807) is 24.1 Å². The number of rotatable bonds is 11. The van der Waals surface area contributed by atoms with Crippen LogP contribution in [0.15, 0.2) is 71.2 Å². The SMILES string of the molecule is C=CCOc1ccc(C=NNC(=O)CCSc2ccccc2)cc1OCC. The molecule has 27 heavy (non-hydrogen) atoms. The molecular weight excluding hydrogens is 360 g/mol. The van der Waals surface area contributed by atoms with Crippen molar-refractivity contribution in [2.45, 2.75) is 18.2 Å². The zero-order valence-electron chi connectivity index (χ0n) is 15.4. The van der Waals surface area contributed by atoms with Gasteiger partial charge < -0.3 is 9.47 Å². The molecule has 2 aromatic rings. The highest BCUT2D eigenvalue weighted by atomic mass is 32.2. The van der Waals surface area contributed by atoms with Gasteiger partial charge in [-0.15, -0.1) is 11.8 Å². The zero-order chi connectivity index (χ0) is 19.3. The van der Waals surface area contributed by atoms with Crippen molar-refractivity contribution >= 4 is 23.9 Å². The molecule has 0 aliphatic rings. The number of carbonyl (C=O) groups is 1. The van der Waals surface area contributed by atoms with Crippen LogP contribution in [0.2, 0.25) is 0 Å². The summed E-state index contributed by atoms with van der Waals surface area (Å²) in [5.74, 6) is 1.87. The smallest absolute Gasteiger partial charge is 0.240 e. The minimum absolute atomic E-state index is 0.120. The molecule has 0 unspecified atom stereocenters. The van der Waals surface area contributed by atoms with E-state index in [-0.39, 0.29) is 5.91 Å². The van der Waals surface area contributed by atoms with E-state index < -0.39 is 0 Å². The van der Waals surface area contributed by atoms with Crippen molar-refractivity contribution in [1.82, 2.24) is 5.43 Å². The Morgan fingerprint density at radius 1 is 1.19 bits per heavy atom. The molecule has 0 aromatic heterocycles. The van der Waals surface area contributed by atoms with E-state index in [0.717, 1.165) is 10.5 Å². The van der Waals surface area contributed by atoms with Gasteiger partial charge in [0.2, 0.25) is 5.91 Å². The predicted molar refractivity (Wildman–Crippen MR) is 111 cm³/mol. The van der Waals surface area contributed by atoms with Crippen LogP contribution >= 0.6 is 11.8 Å². The van der Waals surface area contributed by atoms with Crippen molar-refractivity contribution in [2.24, 2.45) is 5.10 Å². The third-order valence-electron chi connectivity index (χ3n) is 3.37. The highest BCUT2D eigenvalue weighted by Crippen LogP contribution is 2.28. The van der Waals surface area contributed by atoms with Gasteiger partial charge in [-0.3, -0.25) is 4.79 Å². The summed E-state index contributed by atoms with van der Waals surface area (Å²) >= 11 is 1.64. The van der Waals surface area contributed by atoms with E-state index in [0.29, 0.717) is 36.9 Å². The Hall–Kier alpha value is -2.73. The lowest BCUT2D eigenvalue weighted by Crippen LogP contribution is -2.17. The zero-order valence-corrected chi connectivity index (χ0v) is 16.2. The van der Waals surface area contributed by atoms with Crippen molar-refractivity contribution in [3.05, 3.63) is 66.7 Å². The second-order valence-corrected chi connectivity index (χ2v) is 6.61. The lowest BCUT2D eigenvalue weighted by atomic mass is 10.2. The number of nitrogens with zero attached hydrogens (tertiary/aromatic N) is 1. The minimum atomic E-state index is -0.120. The number of carbonyl (C=O) groups excluding carboxylic acids is 1. The summed E-state index contributed by atoms with van der Waals surface area (Å²) in [7, 11) is 0. The molecule has 0 fully saturated rings. The van der Waals surface area contributed by atoms with Gasteiger partial charge in [-0.2, -0.15) is 5.10 Å². The number of hydrazone groups is 1. The molecule has 6 heteroatoms. The molecule has 0 atom stereocenters. The van der Waals surface area contributed by atoms with Crippen LogP contribution in [-0.4, -0.2) is 31.1 Å². The summed E-state index contributed by atoms with van der Waals surface area (Å²) in [5.41, 5.74) is 3.36. The normalized spacial score (nSPS) is 10.6. The molecule has 2 rings (SSSR count). The number of benzene rings is 2. The quantitative estimate of drug-likeness (QED) is 0.272. The molecule has 1 amide bonds. The third-order valence-corrected chi connectivity index (χ3v) is 4.38. The molecule has 5 nitrogen and oxygen atoms in total. The number of nitrogens with one attached hydrogen (secondary N) is 1. The molecule has 0 spiro atoms. The van der Waals surface area contributed by atoms with Gasteiger partial charge in [0.15, 0.2) is 11.5 Å². The van der Waals surface area contributed by atoms with Crippen molar-refractivity contribution in [1.29, 1.82) is 0 Å². The van der Waals surface area contributed by atoms with Crippen LogP contribution in [0.5, 0.6) is 11.5 Å². The number of hydrogen-bond acceptors (Lipinski definition) is 5. The van der Waals surface area contributed by atoms with Crippen LogP contribution in [0.4, 0.5) is 0 Å². The van der Waals surface area contributed by atoms with E-state index in [1.807, 2.05) is 55.5 Å². The standard InChI is InChI=1S/C21H24N2O3S/c1-3-13-26-19-11-10-17(15-20(19)25-4-2)16-22-23-21(24)12-14-27-18-8-6-5-7-9-18/h3,5-11,15-16H,1,4,12-14H2,2H3,(H,23,24). The fourth-order valence-electron chi connectivity index (χ4n) is 2.15. The van der Waals surface area contributed by atoms with Crippen LogP contribution < -0.4 is 14.9 Å². The number of ether oxygens (including phenoxy) is 2. The van der Waals surface area contributed by atoms with E-state index in [4.69, 9.17) is 9.47 Å². The van der Waals surface area contributed by atoms with Crippen molar-refractivity contribution in [3.63, 3.8) is 0 Å². The third kappa shape index (κ3) is 7.58. The summed E-state index contributed by atoms with van der Waals surface area (Å²) in [6.07, 6.45) is 3.66. The Labute approximate surface area is 164 Å². The average Bonchev–Trinajstić information content (AvgIpc) is 2.68. The summed E-state index contributed by atoms with van der Waals surface area (Å²) < 4.78 is 11.1. The highest BCUT2D eigenvalue weighted by molar-refractivity contribution is 7.99. The molecule has 0 bridgehead atoms. The Kier molecular flexibility index (Phi) is 9.00. The van der Waals surface area contributed by atoms with Gasteiger partial charge in [-0.1, -0.05) is 30.9 Å². The van der Waals surface area contributed by atoms with E-state index in [2.05, 4.69) is 17.1 Å². The van der Waals surface area contributed by atoms with Crippen LogP contribution in [0.3, 0.4) is 0 Å². The van der Waals surface area contributed by atoms with Crippen LogP contribution in [0.25, 0.3) is 0 Å². The monoisotopic (exact) mass is 384 g/mol. The number of thioether (sulfide) groups is 1. The summed E-state index contributed by atoms with van der Waals surface area (Å²) in [6.45, 7) is 6.48. The molecule has 0 saturated heterocycles. The lowest BCUT2D eigenvalue weighted by molar-refractivity contribution is -0.120. The molecule has 0 heterocycles. The van der Waals surface area contributed by atoms with E-state index in [1.165, 1.54) is 0 Å². The summed E-state index contributed by atoms with van der Waals surface area (Å²) in [4.78, 5) is 13.0. The van der Waals surface area contributed by atoms with Gasteiger partial charge in [0.25, 0.3) is 0 Å². The van der Waals surface area contributed by atoms with Gasteiger partial charge in [0, 0.05) is 17.1 Å².